The molecule has 1 aromatic carbocycles. The summed E-state index contributed by atoms with van der Waals surface area (Å²) in [5, 5.41) is 9.31. The fraction of sp³-hybridized carbons (Fsp3) is 0.529. The normalized spacial score (nSPS) is 18.6. The Morgan fingerprint density at radius 1 is 1.10 bits per heavy atom. The van der Waals surface area contributed by atoms with Crippen LogP contribution < -0.4 is 0 Å². The predicted molar refractivity (Wildman–Crippen MR) is 75.6 cm³/mol. The third-order valence-electron chi connectivity index (χ3n) is 4.12. The molecule has 0 radical (unpaired) electrons. The van der Waals surface area contributed by atoms with Gasteiger partial charge in [-0.2, -0.15) is 5.26 Å². The summed E-state index contributed by atoms with van der Waals surface area (Å²) in [6.07, 6.45) is 7.52. The molecular formula is C17H20FNO. The van der Waals surface area contributed by atoms with Crippen LogP contribution in [0.25, 0.3) is 0 Å². The van der Waals surface area contributed by atoms with E-state index >= 15 is 0 Å². The van der Waals surface area contributed by atoms with Crippen molar-refractivity contribution in [3.8, 4) is 6.07 Å². The first-order chi connectivity index (χ1) is 9.72. The SMILES string of the molecule is N#CC(C(=O)C1CCCCCCC1)c1ccc(F)cc1. The van der Waals surface area contributed by atoms with Crippen LogP contribution in [0.2, 0.25) is 0 Å². The van der Waals surface area contributed by atoms with Crippen LogP contribution in [0.3, 0.4) is 0 Å². The topological polar surface area (TPSA) is 40.9 Å². The Hall–Kier alpha value is -1.69. The van der Waals surface area contributed by atoms with Gasteiger partial charge in [0.2, 0.25) is 0 Å². The number of rotatable bonds is 3. The molecule has 1 unspecified atom stereocenters. The van der Waals surface area contributed by atoms with E-state index in [-0.39, 0.29) is 17.5 Å². The largest absolute Gasteiger partial charge is 0.298 e. The summed E-state index contributed by atoms with van der Waals surface area (Å²) < 4.78 is 12.9. The number of hydrogen-bond acceptors (Lipinski definition) is 2. The molecule has 1 atom stereocenters. The van der Waals surface area contributed by atoms with Gasteiger partial charge in [0.05, 0.1) is 6.07 Å². The van der Waals surface area contributed by atoms with Crippen molar-refractivity contribution in [1.82, 2.24) is 0 Å². The van der Waals surface area contributed by atoms with Crippen LogP contribution in [0.15, 0.2) is 24.3 Å². The van der Waals surface area contributed by atoms with Gasteiger partial charge < -0.3 is 0 Å². The van der Waals surface area contributed by atoms with Gasteiger partial charge in [0, 0.05) is 5.92 Å². The summed E-state index contributed by atoms with van der Waals surface area (Å²) in [6.45, 7) is 0. The third kappa shape index (κ3) is 3.66. The lowest BCUT2D eigenvalue weighted by Gasteiger charge is -2.21. The Kier molecular flexibility index (Phi) is 5.29. The molecule has 0 saturated heterocycles. The first-order valence-corrected chi connectivity index (χ1v) is 7.41. The van der Waals surface area contributed by atoms with Gasteiger partial charge in [-0.1, -0.05) is 44.2 Å². The summed E-state index contributed by atoms with van der Waals surface area (Å²) >= 11 is 0. The standard InChI is InChI=1S/C17H20FNO/c18-15-10-8-13(9-11-15)16(12-19)17(20)14-6-4-2-1-3-5-7-14/h8-11,14,16H,1-7H2. The van der Waals surface area contributed by atoms with Gasteiger partial charge in [-0.05, 0) is 30.5 Å². The Labute approximate surface area is 119 Å². The van der Waals surface area contributed by atoms with E-state index in [9.17, 15) is 14.4 Å². The Bertz CT molecular complexity index is 481. The number of benzene rings is 1. The van der Waals surface area contributed by atoms with Crippen LogP contribution in [-0.2, 0) is 4.79 Å². The summed E-state index contributed by atoms with van der Waals surface area (Å²) in [5.41, 5.74) is 0.612. The van der Waals surface area contributed by atoms with Crippen molar-refractivity contribution in [2.45, 2.75) is 50.9 Å². The number of ketones is 1. The first kappa shape index (κ1) is 14.7. The van der Waals surface area contributed by atoms with E-state index in [1.165, 1.54) is 31.4 Å². The van der Waals surface area contributed by atoms with Crippen LogP contribution in [0.4, 0.5) is 4.39 Å². The van der Waals surface area contributed by atoms with Crippen LogP contribution in [0.1, 0.15) is 56.4 Å². The summed E-state index contributed by atoms with van der Waals surface area (Å²) in [5.74, 6) is -1.09. The van der Waals surface area contributed by atoms with E-state index < -0.39 is 5.92 Å². The van der Waals surface area contributed by atoms with Crippen LogP contribution >= 0.6 is 0 Å². The van der Waals surface area contributed by atoms with Crippen LogP contribution in [0.5, 0.6) is 0 Å². The molecule has 1 aromatic rings. The van der Waals surface area contributed by atoms with Gasteiger partial charge >= 0.3 is 0 Å². The zero-order valence-corrected chi connectivity index (χ0v) is 11.6. The highest BCUT2D eigenvalue weighted by atomic mass is 19.1. The number of halogens is 1. The molecule has 1 saturated carbocycles. The average molecular weight is 273 g/mol. The van der Waals surface area contributed by atoms with Gasteiger partial charge in [-0.3, -0.25) is 4.79 Å². The molecule has 106 valence electrons. The molecule has 20 heavy (non-hydrogen) atoms. The lowest BCUT2D eigenvalue weighted by Crippen LogP contribution is -2.22. The molecule has 0 spiro atoms. The van der Waals surface area contributed by atoms with Crippen molar-refractivity contribution >= 4 is 5.78 Å². The second kappa shape index (κ2) is 7.19. The minimum atomic E-state index is -0.750. The molecule has 3 heteroatoms. The second-order valence-electron chi connectivity index (χ2n) is 5.56. The maximum absolute atomic E-state index is 12.9. The zero-order chi connectivity index (χ0) is 14.4. The maximum Gasteiger partial charge on any atom is 0.157 e. The van der Waals surface area contributed by atoms with E-state index in [1.807, 2.05) is 0 Å². The minimum absolute atomic E-state index is 0.00926. The molecule has 2 rings (SSSR count). The van der Waals surface area contributed by atoms with E-state index in [0.717, 1.165) is 25.7 Å². The number of nitriles is 1. The molecule has 1 aliphatic carbocycles. The zero-order valence-electron chi connectivity index (χ0n) is 11.6. The summed E-state index contributed by atoms with van der Waals surface area (Å²) in [4.78, 5) is 12.6. The Balaban J connectivity index is 2.11. The van der Waals surface area contributed by atoms with Gasteiger partial charge in [-0.25, -0.2) is 4.39 Å². The van der Waals surface area contributed by atoms with Crippen molar-refractivity contribution in [3.05, 3.63) is 35.6 Å². The summed E-state index contributed by atoms with van der Waals surface area (Å²) in [6, 6.07) is 7.81. The first-order valence-electron chi connectivity index (χ1n) is 7.41. The fourth-order valence-electron chi connectivity index (χ4n) is 2.93. The van der Waals surface area contributed by atoms with E-state index in [0.29, 0.717) is 5.56 Å². The number of carbonyl (C=O) groups excluding carboxylic acids is 1. The molecule has 0 bridgehead atoms. The molecule has 0 aromatic heterocycles. The average Bonchev–Trinajstić information content (AvgIpc) is 2.41. The van der Waals surface area contributed by atoms with E-state index in [4.69, 9.17) is 0 Å². The molecule has 0 N–H and O–H groups in total. The Morgan fingerprint density at radius 2 is 1.65 bits per heavy atom. The highest BCUT2D eigenvalue weighted by Gasteiger charge is 2.28. The van der Waals surface area contributed by atoms with Gasteiger partial charge in [0.15, 0.2) is 5.78 Å². The molecule has 2 nitrogen and oxygen atoms in total. The van der Waals surface area contributed by atoms with E-state index in [1.54, 1.807) is 12.1 Å². The monoisotopic (exact) mass is 273 g/mol. The molecule has 0 amide bonds. The van der Waals surface area contributed by atoms with Crippen molar-refractivity contribution in [3.63, 3.8) is 0 Å². The van der Waals surface area contributed by atoms with Gasteiger partial charge in [0.1, 0.15) is 11.7 Å². The van der Waals surface area contributed by atoms with Crippen molar-refractivity contribution in [2.24, 2.45) is 5.92 Å². The number of nitrogens with zero attached hydrogens (tertiary/aromatic N) is 1. The number of Topliss-reactive ketones (excluding diaryl/α,β-unsaturated/α-hetero) is 1. The lowest BCUT2D eigenvalue weighted by atomic mass is 9.81. The minimum Gasteiger partial charge on any atom is -0.298 e. The molecule has 1 aliphatic rings. The van der Waals surface area contributed by atoms with Crippen molar-refractivity contribution in [1.29, 1.82) is 5.26 Å². The molecular weight excluding hydrogens is 253 g/mol. The number of carbonyl (C=O) groups is 1. The van der Waals surface area contributed by atoms with Gasteiger partial charge in [-0.15, -0.1) is 0 Å². The predicted octanol–water partition coefficient (Wildman–Crippen LogP) is 4.36. The Morgan fingerprint density at radius 3 is 2.20 bits per heavy atom. The number of hydrogen-bond donors (Lipinski definition) is 0. The molecule has 0 aliphatic heterocycles. The highest BCUT2D eigenvalue weighted by Crippen LogP contribution is 2.29. The maximum atomic E-state index is 12.9. The molecule has 1 fully saturated rings. The fourth-order valence-corrected chi connectivity index (χ4v) is 2.93. The lowest BCUT2D eigenvalue weighted by molar-refractivity contribution is -0.123. The van der Waals surface area contributed by atoms with Crippen molar-refractivity contribution < 1.29 is 9.18 Å². The van der Waals surface area contributed by atoms with Gasteiger partial charge in [0.25, 0.3) is 0 Å². The quantitative estimate of drug-likeness (QED) is 0.820. The van der Waals surface area contributed by atoms with E-state index in [2.05, 4.69) is 6.07 Å². The van der Waals surface area contributed by atoms with Crippen molar-refractivity contribution in [2.75, 3.05) is 0 Å². The smallest absolute Gasteiger partial charge is 0.157 e. The van der Waals surface area contributed by atoms with Crippen LogP contribution in [-0.4, -0.2) is 5.78 Å². The highest BCUT2D eigenvalue weighted by molar-refractivity contribution is 5.90. The second-order valence-corrected chi connectivity index (χ2v) is 5.56. The summed E-state index contributed by atoms with van der Waals surface area (Å²) in [7, 11) is 0. The molecule has 0 heterocycles. The van der Waals surface area contributed by atoms with Crippen LogP contribution in [0, 0.1) is 23.1 Å². The third-order valence-corrected chi connectivity index (χ3v) is 4.12.